The van der Waals surface area contributed by atoms with Gasteiger partial charge in [0.1, 0.15) is 0 Å². The lowest BCUT2D eigenvalue weighted by Gasteiger charge is -2.31. The Hall–Kier alpha value is -1.19. The molecule has 1 rings (SSSR count). The molecule has 17 heavy (non-hydrogen) atoms. The summed E-state index contributed by atoms with van der Waals surface area (Å²) in [5.74, 6) is 0. The summed E-state index contributed by atoms with van der Waals surface area (Å²) in [5, 5.41) is 18.3. The Labute approximate surface area is 103 Å². The predicted molar refractivity (Wildman–Crippen MR) is 72.6 cm³/mol. The van der Waals surface area contributed by atoms with Crippen molar-refractivity contribution in [1.29, 1.82) is 0 Å². The van der Waals surface area contributed by atoms with Crippen LogP contribution in [0.2, 0.25) is 0 Å². The lowest BCUT2D eigenvalue weighted by atomic mass is 9.65. The van der Waals surface area contributed by atoms with E-state index in [1.54, 1.807) is 18.5 Å². The van der Waals surface area contributed by atoms with Crippen LogP contribution in [0.5, 0.6) is 0 Å². The molecule has 0 radical (unpaired) electrons. The maximum absolute atomic E-state index is 5.15. The second kappa shape index (κ2) is 7.99. The van der Waals surface area contributed by atoms with Crippen LogP contribution in [0.1, 0.15) is 0 Å². The molecule has 0 aromatic heterocycles. The molecule has 0 aromatic rings. The quantitative estimate of drug-likeness (QED) is 0.124. The van der Waals surface area contributed by atoms with E-state index in [0.29, 0.717) is 6.61 Å². The molecule has 0 unspecified atom stereocenters. The Bertz CT molecular complexity index is 250. The molecule has 0 aliphatic carbocycles. The highest BCUT2D eigenvalue weighted by Gasteiger charge is 2.36. The number of rotatable bonds is 8. The van der Waals surface area contributed by atoms with Crippen molar-refractivity contribution in [2.75, 3.05) is 6.61 Å². The average Bonchev–Trinajstić information content (AvgIpc) is 2.30. The molecule has 0 amide bonds. The first-order chi connectivity index (χ1) is 8.30. The van der Waals surface area contributed by atoms with Crippen LogP contribution in [0.3, 0.4) is 0 Å². The highest BCUT2D eigenvalue weighted by molar-refractivity contribution is 6.84. The minimum absolute atomic E-state index is 0.143. The van der Waals surface area contributed by atoms with E-state index in [9.17, 15) is 0 Å². The maximum atomic E-state index is 5.15. The molecular weight excluding hydrogens is 217 g/mol. The van der Waals surface area contributed by atoms with Crippen molar-refractivity contribution in [1.82, 2.24) is 31.3 Å². The zero-order chi connectivity index (χ0) is 12.5. The first-order valence-electron chi connectivity index (χ1n) is 5.30. The van der Waals surface area contributed by atoms with E-state index >= 15 is 0 Å². The third-order valence-electron chi connectivity index (χ3n) is 1.97. The van der Waals surface area contributed by atoms with Crippen molar-refractivity contribution in [2.45, 2.75) is 0 Å². The molecule has 1 aliphatic rings. The highest BCUT2D eigenvalue weighted by atomic mass is 16.6. The summed E-state index contributed by atoms with van der Waals surface area (Å²) in [6.45, 7) is 11.2. The van der Waals surface area contributed by atoms with Crippen LogP contribution < -0.4 is 31.3 Å². The SMILES string of the molecule is C=CCONB1NB(NC=C)NB(NC=C)N1. The van der Waals surface area contributed by atoms with Gasteiger partial charge in [0, 0.05) is 0 Å². The maximum Gasteiger partial charge on any atom is 0.410 e. The lowest BCUT2D eigenvalue weighted by molar-refractivity contribution is 0.113. The van der Waals surface area contributed by atoms with Gasteiger partial charge < -0.3 is 30.7 Å². The van der Waals surface area contributed by atoms with Gasteiger partial charge in [-0.15, -0.1) is 6.58 Å². The summed E-state index contributed by atoms with van der Waals surface area (Å²) >= 11 is 0. The van der Waals surface area contributed by atoms with E-state index in [0.717, 1.165) is 0 Å². The third kappa shape index (κ3) is 5.11. The van der Waals surface area contributed by atoms with Crippen LogP contribution in [-0.2, 0) is 4.84 Å². The Balaban J connectivity index is 2.42. The fourth-order valence-corrected chi connectivity index (χ4v) is 1.33. The molecule has 1 heterocycles. The highest BCUT2D eigenvalue weighted by Crippen LogP contribution is 1.81. The zero-order valence-electron chi connectivity index (χ0n) is 9.70. The van der Waals surface area contributed by atoms with Crippen LogP contribution in [0.25, 0.3) is 0 Å². The summed E-state index contributed by atoms with van der Waals surface area (Å²) < 4.78 is 0. The third-order valence-corrected chi connectivity index (χ3v) is 1.97. The summed E-state index contributed by atoms with van der Waals surface area (Å²) in [6.07, 6.45) is 4.86. The number of hydrogen-bond acceptors (Lipinski definition) is 7. The van der Waals surface area contributed by atoms with Gasteiger partial charge in [-0.25, -0.2) is 5.39 Å². The van der Waals surface area contributed by atoms with Gasteiger partial charge >= 0.3 is 21.4 Å². The van der Waals surface area contributed by atoms with Gasteiger partial charge in [-0.3, -0.25) is 0 Å². The molecule has 1 saturated heterocycles. The van der Waals surface area contributed by atoms with Gasteiger partial charge in [0.05, 0.1) is 6.61 Å². The van der Waals surface area contributed by atoms with Gasteiger partial charge in [-0.2, -0.15) is 0 Å². The van der Waals surface area contributed by atoms with Crippen LogP contribution in [0.4, 0.5) is 0 Å². The van der Waals surface area contributed by atoms with Crippen LogP contribution in [0, 0.1) is 0 Å². The fraction of sp³-hybridized carbons (Fsp3) is 0.143. The molecule has 7 nitrogen and oxygen atoms in total. The van der Waals surface area contributed by atoms with Crippen LogP contribution in [0.15, 0.2) is 38.2 Å². The summed E-state index contributed by atoms with van der Waals surface area (Å²) in [4.78, 5) is 5.15. The molecule has 1 aliphatic heterocycles. The molecule has 0 saturated carbocycles. The lowest BCUT2D eigenvalue weighted by Crippen LogP contribution is -2.83. The van der Waals surface area contributed by atoms with Gasteiger partial charge in [0.25, 0.3) is 0 Å². The van der Waals surface area contributed by atoms with E-state index in [-0.39, 0.29) is 21.4 Å². The number of nitrogens with one attached hydrogen (secondary N) is 6. The molecule has 10 heteroatoms. The molecule has 0 atom stereocenters. The minimum atomic E-state index is -0.230. The van der Waals surface area contributed by atoms with Gasteiger partial charge in [-0.05, 0) is 12.4 Å². The standard InChI is InChI=1S/C7H17B3N6O/c1-4-7-17-16-10-14-8(11-5-2)13-9(15-10)12-6-3/h4-6,11-16H,1-3,7H2. The smallest absolute Gasteiger partial charge is 0.408 e. The Kier molecular flexibility index (Phi) is 6.52. The minimum Gasteiger partial charge on any atom is -0.408 e. The summed E-state index contributed by atoms with van der Waals surface area (Å²) in [5.41, 5.74) is 0. The molecule has 0 spiro atoms. The molecule has 6 N–H and O–H groups in total. The summed E-state index contributed by atoms with van der Waals surface area (Å²) in [6, 6.07) is 0. The van der Waals surface area contributed by atoms with E-state index in [1.165, 1.54) is 0 Å². The molecular formula is C7H17B3N6O. The van der Waals surface area contributed by atoms with E-state index in [4.69, 9.17) is 4.84 Å². The largest absolute Gasteiger partial charge is 0.410 e. The van der Waals surface area contributed by atoms with E-state index in [2.05, 4.69) is 51.0 Å². The second-order valence-electron chi connectivity index (χ2n) is 3.26. The van der Waals surface area contributed by atoms with Gasteiger partial charge in [-0.1, -0.05) is 19.2 Å². The van der Waals surface area contributed by atoms with Crippen molar-refractivity contribution in [3.8, 4) is 0 Å². The predicted octanol–water partition coefficient (Wildman–Crippen LogP) is -2.10. The van der Waals surface area contributed by atoms with Crippen molar-refractivity contribution in [3.05, 3.63) is 38.2 Å². The first kappa shape index (κ1) is 13.9. The summed E-state index contributed by atoms with van der Waals surface area (Å²) in [7, 11) is -0.516. The Morgan fingerprint density at radius 2 is 1.47 bits per heavy atom. The van der Waals surface area contributed by atoms with Gasteiger partial charge in [0.2, 0.25) is 0 Å². The molecule has 0 aromatic carbocycles. The van der Waals surface area contributed by atoms with Crippen molar-refractivity contribution >= 4 is 21.4 Å². The topological polar surface area (TPSA) is 81.4 Å². The average molecular weight is 234 g/mol. The molecule has 0 bridgehead atoms. The molecule has 90 valence electrons. The fourth-order valence-electron chi connectivity index (χ4n) is 1.33. The van der Waals surface area contributed by atoms with Crippen molar-refractivity contribution < 1.29 is 4.84 Å². The van der Waals surface area contributed by atoms with Crippen LogP contribution >= 0.6 is 0 Å². The molecule has 1 fully saturated rings. The van der Waals surface area contributed by atoms with Crippen molar-refractivity contribution in [2.24, 2.45) is 0 Å². The number of hydrogen-bond donors (Lipinski definition) is 6. The normalized spacial score (nSPS) is 15.4. The first-order valence-corrected chi connectivity index (χ1v) is 5.30. The van der Waals surface area contributed by atoms with E-state index in [1.807, 2.05) is 0 Å². The Morgan fingerprint density at radius 3 is 1.94 bits per heavy atom. The monoisotopic (exact) mass is 234 g/mol. The van der Waals surface area contributed by atoms with Crippen molar-refractivity contribution in [3.63, 3.8) is 0 Å². The Morgan fingerprint density at radius 1 is 0.941 bits per heavy atom. The van der Waals surface area contributed by atoms with Crippen LogP contribution in [-0.4, -0.2) is 28.0 Å². The van der Waals surface area contributed by atoms with E-state index < -0.39 is 0 Å². The second-order valence-corrected chi connectivity index (χ2v) is 3.26. The van der Waals surface area contributed by atoms with Gasteiger partial charge in [0.15, 0.2) is 0 Å². The zero-order valence-corrected chi connectivity index (χ0v) is 9.70.